The molecule has 20 heavy (non-hydrogen) atoms. The van der Waals surface area contributed by atoms with Gasteiger partial charge >= 0.3 is 0 Å². The quantitative estimate of drug-likeness (QED) is 0.929. The van der Waals surface area contributed by atoms with Crippen molar-refractivity contribution in [1.82, 2.24) is 5.16 Å². The van der Waals surface area contributed by atoms with Gasteiger partial charge < -0.3 is 9.84 Å². The lowest BCUT2D eigenvalue weighted by Gasteiger charge is -2.33. The molecule has 1 aliphatic rings. The second kappa shape index (κ2) is 5.12. The molecule has 1 aromatic carbocycles. The maximum atomic E-state index is 12.3. The number of rotatable bonds is 3. The minimum atomic E-state index is -0.0127. The van der Waals surface area contributed by atoms with Crippen molar-refractivity contribution in [2.24, 2.45) is 5.92 Å². The molecule has 4 nitrogen and oxygen atoms in total. The average Bonchev–Trinajstić information content (AvgIpc) is 2.71. The maximum absolute atomic E-state index is 12.3. The van der Waals surface area contributed by atoms with Gasteiger partial charge in [-0.3, -0.25) is 4.79 Å². The van der Waals surface area contributed by atoms with Crippen molar-refractivity contribution in [2.75, 3.05) is 5.32 Å². The molecule has 4 heteroatoms. The van der Waals surface area contributed by atoms with Crippen molar-refractivity contribution in [1.29, 1.82) is 0 Å². The third-order valence-electron chi connectivity index (χ3n) is 4.18. The number of anilines is 1. The molecular formula is C16H18N2O2. The Hall–Kier alpha value is -2.10. The smallest absolute Gasteiger partial charge is 0.228 e. The van der Waals surface area contributed by atoms with Crippen LogP contribution in [-0.2, 0) is 4.79 Å². The predicted octanol–water partition coefficient (Wildman–Crippen LogP) is 3.42. The number of aryl methyl sites for hydroxylation is 1. The van der Waals surface area contributed by atoms with E-state index < -0.39 is 0 Å². The third-order valence-corrected chi connectivity index (χ3v) is 4.18. The van der Waals surface area contributed by atoms with Crippen LogP contribution in [0.1, 0.15) is 35.8 Å². The van der Waals surface area contributed by atoms with Crippen LogP contribution in [0.2, 0.25) is 0 Å². The minimum absolute atomic E-state index is 0.0127. The van der Waals surface area contributed by atoms with Crippen molar-refractivity contribution >= 4 is 11.6 Å². The van der Waals surface area contributed by atoms with Crippen LogP contribution in [-0.4, -0.2) is 11.1 Å². The van der Waals surface area contributed by atoms with Crippen LogP contribution < -0.4 is 5.32 Å². The third kappa shape index (κ3) is 2.22. The van der Waals surface area contributed by atoms with Gasteiger partial charge in [-0.05, 0) is 38.8 Å². The highest BCUT2D eigenvalue weighted by Crippen LogP contribution is 2.44. The van der Waals surface area contributed by atoms with Crippen LogP contribution in [0.15, 0.2) is 34.9 Å². The Labute approximate surface area is 118 Å². The fourth-order valence-electron chi connectivity index (χ4n) is 2.66. The molecule has 0 spiro atoms. The molecule has 2 aromatic rings. The van der Waals surface area contributed by atoms with Gasteiger partial charge in [0.25, 0.3) is 0 Å². The van der Waals surface area contributed by atoms with Gasteiger partial charge in [0, 0.05) is 23.1 Å². The van der Waals surface area contributed by atoms with E-state index in [1.54, 1.807) is 0 Å². The molecule has 1 saturated carbocycles. The van der Waals surface area contributed by atoms with Gasteiger partial charge in [-0.2, -0.15) is 0 Å². The number of aromatic nitrogens is 1. The number of nitrogens with zero attached hydrogens (tertiary/aromatic N) is 1. The summed E-state index contributed by atoms with van der Waals surface area (Å²) in [5, 5.41) is 6.96. The summed E-state index contributed by atoms with van der Waals surface area (Å²) >= 11 is 0. The van der Waals surface area contributed by atoms with Crippen LogP contribution >= 0.6 is 0 Å². The van der Waals surface area contributed by atoms with E-state index in [-0.39, 0.29) is 17.7 Å². The van der Waals surface area contributed by atoms with Crippen molar-refractivity contribution in [3.05, 3.63) is 47.3 Å². The summed E-state index contributed by atoms with van der Waals surface area (Å²) in [4.78, 5) is 12.3. The van der Waals surface area contributed by atoms with Crippen molar-refractivity contribution < 1.29 is 9.32 Å². The molecule has 1 amide bonds. The van der Waals surface area contributed by atoms with E-state index in [1.165, 1.54) is 0 Å². The van der Waals surface area contributed by atoms with Crippen molar-refractivity contribution in [3.8, 4) is 0 Å². The highest BCUT2D eigenvalue weighted by molar-refractivity contribution is 5.93. The molecule has 3 rings (SSSR count). The van der Waals surface area contributed by atoms with Crippen LogP contribution in [0.25, 0.3) is 0 Å². The van der Waals surface area contributed by atoms with Crippen LogP contribution in [0.3, 0.4) is 0 Å². The zero-order valence-electron chi connectivity index (χ0n) is 11.7. The molecule has 2 atom stereocenters. The highest BCUT2D eigenvalue weighted by Gasteiger charge is 2.41. The topological polar surface area (TPSA) is 55.1 Å². The molecule has 1 N–H and O–H groups in total. The van der Waals surface area contributed by atoms with E-state index in [4.69, 9.17) is 4.52 Å². The lowest BCUT2D eigenvalue weighted by molar-refractivity contribution is -0.123. The second-order valence-corrected chi connectivity index (χ2v) is 5.40. The molecule has 0 saturated heterocycles. The van der Waals surface area contributed by atoms with Gasteiger partial charge in [0.2, 0.25) is 5.91 Å². The van der Waals surface area contributed by atoms with Crippen molar-refractivity contribution in [2.45, 2.75) is 32.6 Å². The number of carbonyl (C=O) groups is 1. The van der Waals surface area contributed by atoms with E-state index in [9.17, 15) is 4.79 Å². The number of para-hydroxylation sites is 1. The number of hydrogen-bond donors (Lipinski definition) is 1. The molecule has 0 bridgehead atoms. The van der Waals surface area contributed by atoms with Gasteiger partial charge in [0.1, 0.15) is 5.76 Å². The summed E-state index contributed by atoms with van der Waals surface area (Å²) < 4.78 is 5.40. The molecule has 104 valence electrons. The summed E-state index contributed by atoms with van der Waals surface area (Å²) in [6.07, 6.45) is 1.89. The van der Waals surface area contributed by atoms with Crippen molar-refractivity contribution in [3.63, 3.8) is 0 Å². The summed E-state index contributed by atoms with van der Waals surface area (Å²) in [6, 6.07) is 9.56. The maximum Gasteiger partial charge on any atom is 0.228 e. The fraction of sp³-hybridized carbons (Fsp3) is 0.375. The van der Waals surface area contributed by atoms with E-state index in [1.807, 2.05) is 44.2 Å². The number of hydrogen-bond acceptors (Lipinski definition) is 3. The SMILES string of the molecule is Cc1noc([C@H]2CC[C@@H]2C(=O)Nc2ccccc2)c1C. The van der Waals surface area contributed by atoms with E-state index in [2.05, 4.69) is 10.5 Å². The average molecular weight is 270 g/mol. The van der Waals surface area contributed by atoms with E-state index >= 15 is 0 Å². The lowest BCUT2D eigenvalue weighted by Crippen LogP contribution is -2.35. The molecule has 0 aliphatic heterocycles. The number of benzene rings is 1. The second-order valence-electron chi connectivity index (χ2n) is 5.40. The van der Waals surface area contributed by atoms with Gasteiger partial charge in [-0.15, -0.1) is 0 Å². The Balaban J connectivity index is 1.72. The zero-order valence-corrected chi connectivity index (χ0v) is 11.7. The van der Waals surface area contributed by atoms with Gasteiger partial charge in [-0.1, -0.05) is 23.4 Å². The Kier molecular flexibility index (Phi) is 3.30. The molecule has 0 unspecified atom stereocenters. The summed E-state index contributed by atoms with van der Waals surface area (Å²) in [5.41, 5.74) is 2.83. The molecule has 1 aliphatic carbocycles. The van der Waals surface area contributed by atoms with E-state index in [0.29, 0.717) is 0 Å². The summed E-state index contributed by atoms with van der Waals surface area (Å²) in [7, 11) is 0. The molecule has 1 fully saturated rings. The molecule has 0 radical (unpaired) electrons. The first-order valence-corrected chi connectivity index (χ1v) is 6.95. The zero-order chi connectivity index (χ0) is 14.1. The molecule has 1 heterocycles. The molecule has 1 aromatic heterocycles. The number of carbonyl (C=O) groups excluding carboxylic acids is 1. The largest absolute Gasteiger partial charge is 0.361 e. The van der Waals surface area contributed by atoms with Gasteiger partial charge in [0.05, 0.1) is 5.69 Å². The summed E-state index contributed by atoms with van der Waals surface area (Å²) in [5.74, 6) is 1.10. The monoisotopic (exact) mass is 270 g/mol. The Morgan fingerprint density at radius 1 is 1.25 bits per heavy atom. The Bertz CT molecular complexity index is 619. The number of nitrogens with one attached hydrogen (secondary N) is 1. The first kappa shape index (κ1) is 12.9. The first-order chi connectivity index (χ1) is 9.66. The normalized spacial score (nSPS) is 21.3. The fourth-order valence-corrected chi connectivity index (χ4v) is 2.66. The summed E-state index contributed by atoms with van der Waals surface area (Å²) in [6.45, 7) is 3.94. The minimum Gasteiger partial charge on any atom is -0.361 e. The van der Waals surface area contributed by atoms with E-state index in [0.717, 1.165) is 35.5 Å². The van der Waals surface area contributed by atoms with Gasteiger partial charge in [0.15, 0.2) is 0 Å². The van der Waals surface area contributed by atoms with Crippen LogP contribution in [0, 0.1) is 19.8 Å². The lowest BCUT2D eigenvalue weighted by atomic mass is 9.71. The van der Waals surface area contributed by atoms with Crippen LogP contribution in [0.4, 0.5) is 5.69 Å². The van der Waals surface area contributed by atoms with Gasteiger partial charge in [-0.25, -0.2) is 0 Å². The number of amides is 1. The first-order valence-electron chi connectivity index (χ1n) is 6.95. The van der Waals surface area contributed by atoms with Crippen LogP contribution in [0.5, 0.6) is 0 Å². The molecular weight excluding hydrogens is 252 g/mol. The Morgan fingerprint density at radius 3 is 2.55 bits per heavy atom. The standard InChI is InChI=1S/C16H18N2O2/c1-10-11(2)18-20-15(10)13-8-9-14(13)16(19)17-12-6-4-3-5-7-12/h3-7,13-14H,8-9H2,1-2H3,(H,17,19)/t13-,14-/m0/s1. The highest BCUT2D eigenvalue weighted by atomic mass is 16.5. The Morgan fingerprint density at radius 2 is 2.00 bits per heavy atom. The predicted molar refractivity (Wildman–Crippen MR) is 76.5 cm³/mol.